The lowest BCUT2D eigenvalue weighted by atomic mass is 10.1. The highest BCUT2D eigenvalue weighted by atomic mass is 16.2. The van der Waals surface area contributed by atoms with Gasteiger partial charge in [-0.25, -0.2) is 4.68 Å². The molecule has 1 heterocycles. The summed E-state index contributed by atoms with van der Waals surface area (Å²) in [5.41, 5.74) is 1.82. The van der Waals surface area contributed by atoms with Crippen LogP contribution < -0.4 is 16.2 Å². The number of carbonyl (C=O) groups is 1. The van der Waals surface area contributed by atoms with Gasteiger partial charge in [-0.3, -0.25) is 9.59 Å². The first kappa shape index (κ1) is 19.8. The number of anilines is 1. The number of benzene rings is 2. The van der Waals surface area contributed by atoms with Gasteiger partial charge in [-0.2, -0.15) is 5.10 Å². The molecule has 0 saturated carbocycles. The fourth-order valence-corrected chi connectivity index (χ4v) is 3.11. The molecule has 0 aliphatic carbocycles. The smallest absolute Gasteiger partial charge is 0.276 e. The van der Waals surface area contributed by atoms with Crippen molar-refractivity contribution >= 4 is 22.4 Å². The second-order valence-corrected chi connectivity index (χ2v) is 7.17. The Bertz CT molecular complexity index is 1040. The Morgan fingerprint density at radius 2 is 1.75 bits per heavy atom. The molecule has 0 fully saturated rings. The molecule has 0 unspecified atom stereocenters. The summed E-state index contributed by atoms with van der Waals surface area (Å²) in [4.78, 5) is 25.8. The van der Waals surface area contributed by atoms with Crippen molar-refractivity contribution in [3.05, 3.63) is 70.1 Å². The first-order valence-corrected chi connectivity index (χ1v) is 9.61. The van der Waals surface area contributed by atoms with Crippen LogP contribution in [0.15, 0.2) is 53.3 Å². The Morgan fingerprint density at radius 3 is 2.46 bits per heavy atom. The van der Waals surface area contributed by atoms with Crippen LogP contribution in [0.2, 0.25) is 0 Å². The highest BCUT2D eigenvalue weighted by molar-refractivity contribution is 6.11. The van der Waals surface area contributed by atoms with Gasteiger partial charge >= 0.3 is 0 Å². The second-order valence-electron chi connectivity index (χ2n) is 7.17. The summed E-state index contributed by atoms with van der Waals surface area (Å²) in [5, 5.41) is 11.7. The average Bonchev–Trinajstić information content (AvgIpc) is 2.69. The molecule has 0 aliphatic rings. The highest BCUT2D eigenvalue weighted by Crippen LogP contribution is 2.19. The number of carbonyl (C=O) groups excluding carboxylic acids is 1. The summed E-state index contributed by atoms with van der Waals surface area (Å²) >= 11 is 0. The molecule has 1 aromatic heterocycles. The molecule has 2 N–H and O–H groups in total. The minimum atomic E-state index is -0.322. The van der Waals surface area contributed by atoms with Gasteiger partial charge in [0.15, 0.2) is 5.69 Å². The lowest BCUT2D eigenvalue weighted by Crippen LogP contribution is -2.29. The fourth-order valence-electron chi connectivity index (χ4n) is 3.11. The van der Waals surface area contributed by atoms with Gasteiger partial charge in [0.25, 0.3) is 11.5 Å². The van der Waals surface area contributed by atoms with Gasteiger partial charge in [-0.15, -0.1) is 0 Å². The van der Waals surface area contributed by atoms with Crippen LogP contribution in [0.1, 0.15) is 36.8 Å². The number of nitrogens with zero attached hydrogens (tertiary/aromatic N) is 2. The Morgan fingerprint density at radius 1 is 1.07 bits per heavy atom. The third kappa shape index (κ3) is 4.28. The zero-order valence-corrected chi connectivity index (χ0v) is 16.5. The van der Waals surface area contributed by atoms with Gasteiger partial charge in [0.2, 0.25) is 0 Å². The predicted molar refractivity (Wildman–Crippen MR) is 113 cm³/mol. The van der Waals surface area contributed by atoms with Gasteiger partial charge < -0.3 is 10.6 Å². The molecule has 3 rings (SSSR count). The minimum Gasteiger partial charge on any atom is -0.320 e. The molecule has 6 nitrogen and oxygen atoms in total. The Kier molecular flexibility index (Phi) is 6.21. The molecule has 0 saturated heterocycles. The summed E-state index contributed by atoms with van der Waals surface area (Å²) in [7, 11) is 0. The zero-order valence-electron chi connectivity index (χ0n) is 16.5. The molecule has 0 aliphatic heterocycles. The van der Waals surface area contributed by atoms with E-state index in [1.807, 2.05) is 51.1 Å². The van der Waals surface area contributed by atoms with Gasteiger partial charge in [0, 0.05) is 24.2 Å². The highest BCUT2D eigenvalue weighted by Gasteiger charge is 2.18. The molecule has 6 heteroatoms. The normalized spacial score (nSPS) is 11.1. The molecule has 146 valence electrons. The number of fused-ring (bicyclic) bond motifs is 1. The van der Waals surface area contributed by atoms with Crippen LogP contribution in [0, 0.1) is 5.92 Å². The summed E-state index contributed by atoms with van der Waals surface area (Å²) in [5.74, 6) is -0.0826. The number of aromatic nitrogens is 2. The zero-order chi connectivity index (χ0) is 20.1. The van der Waals surface area contributed by atoms with E-state index in [1.165, 1.54) is 4.68 Å². The van der Waals surface area contributed by atoms with E-state index < -0.39 is 0 Å². The Balaban J connectivity index is 2.02. The monoisotopic (exact) mass is 378 g/mol. The quantitative estimate of drug-likeness (QED) is 0.661. The fraction of sp³-hybridized carbons (Fsp3) is 0.318. The molecule has 0 atom stereocenters. The lowest BCUT2D eigenvalue weighted by Gasteiger charge is -2.14. The second kappa shape index (κ2) is 8.80. The number of rotatable bonds is 7. The largest absolute Gasteiger partial charge is 0.320 e. The van der Waals surface area contributed by atoms with Crippen molar-refractivity contribution in [2.45, 2.75) is 33.9 Å². The lowest BCUT2D eigenvalue weighted by molar-refractivity contribution is 0.102. The molecule has 2 aromatic carbocycles. The van der Waals surface area contributed by atoms with Crippen molar-refractivity contribution in [2.75, 3.05) is 11.9 Å². The third-order valence-corrected chi connectivity index (χ3v) is 4.45. The third-order valence-electron chi connectivity index (χ3n) is 4.45. The van der Waals surface area contributed by atoms with Crippen molar-refractivity contribution in [1.82, 2.24) is 15.1 Å². The van der Waals surface area contributed by atoms with Crippen molar-refractivity contribution in [3.63, 3.8) is 0 Å². The molecule has 1 amide bonds. The van der Waals surface area contributed by atoms with Gasteiger partial charge in [0.1, 0.15) is 0 Å². The first-order valence-electron chi connectivity index (χ1n) is 9.61. The van der Waals surface area contributed by atoms with Crippen LogP contribution in [0.25, 0.3) is 10.8 Å². The van der Waals surface area contributed by atoms with Crippen LogP contribution in [-0.2, 0) is 13.1 Å². The summed E-state index contributed by atoms with van der Waals surface area (Å²) in [6.45, 7) is 8.03. The summed E-state index contributed by atoms with van der Waals surface area (Å²) in [6, 6.07) is 14.8. The van der Waals surface area contributed by atoms with E-state index in [2.05, 4.69) is 15.7 Å². The van der Waals surface area contributed by atoms with E-state index in [0.29, 0.717) is 23.9 Å². The molecule has 0 spiro atoms. The number of nitrogens with one attached hydrogen (secondary N) is 2. The molecular weight excluding hydrogens is 352 g/mol. The Labute approximate surface area is 164 Å². The van der Waals surface area contributed by atoms with Gasteiger partial charge in [0.05, 0.1) is 5.39 Å². The van der Waals surface area contributed by atoms with Crippen molar-refractivity contribution in [2.24, 2.45) is 5.92 Å². The van der Waals surface area contributed by atoms with Gasteiger partial charge in [-0.1, -0.05) is 57.2 Å². The topological polar surface area (TPSA) is 76.0 Å². The van der Waals surface area contributed by atoms with Gasteiger partial charge in [-0.05, 0) is 30.2 Å². The minimum absolute atomic E-state index is 0.173. The van der Waals surface area contributed by atoms with Crippen LogP contribution in [-0.4, -0.2) is 22.2 Å². The van der Waals surface area contributed by atoms with E-state index in [9.17, 15) is 9.59 Å². The van der Waals surface area contributed by atoms with Crippen molar-refractivity contribution in [1.29, 1.82) is 0 Å². The van der Waals surface area contributed by atoms with Crippen LogP contribution in [0.5, 0.6) is 0 Å². The van der Waals surface area contributed by atoms with E-state index in [1.54, 1.807) is 18.2 Å². The maximum Gasteiger partial charge on any atom is 0.276 e. The van der Waals surface area contributed by atoms with E-state index in [0.717, 1.165) is 17.8 Å². The molecule has 0 bridgehead atoms. The number of hydrogen-bond acceptors (Lipinski definition) is 4. The maximum absolute atomic E-state index is 13.1. The number of para-hydroxylation sites is 1. The first-order chi connectivity index (χ1) is 13.5. The Hall–Kier alpha value is -2.99. The number of amides is 1. The van der Waals surface area contributed by atoms with Crippen LogP contribution >= 0.6 is 0 Å². The van der Waals surface area contributed by atoms with Crippen molar-refractivity contribution < 1.29 is 4.79 Å². The van der Waals surface area contributed by atoms with Crippen LogP contribution in [0.3, 0.4) is 0 Å². The van der Waals surface area contributed by atoms with Crippen molar-refractivity contribution in [3.8, 4) is 0 Å². The summed E-state index contributed by atoms with van der Waals surface area (Å²) < 4.78 is 1.40. The van der Waals surface area contributed by atoms with Crippen LogP contribution in [0.4, 0.5) is 5.69 Å². The number of hydrogen-bond donors (Lipinski definition) is 2. The maximum atomic E-state index is 13.1. The molecular formula is C22H26N4O2. The SMILES string of the molecule is CCNCc1ccccc1NC(=O)c1nn(CC(C)C)c(=O)c2ccccc12. The average molecular weight is 378 g/mol. The summed E-state index contributed by atoms with van der Waals surface area (Å²) in [6.07, 6.45) is 0. The predicted octanol–water partition coefficient (Wildman–Crippen LogP) is 3.41. The molecule has 0 radical (unpaired) electrons. The van der Waals surface area contributed by atoms with E-state index in [-0.39, 0.29) is 23.1 Å². The standard InChI is InChI=1S/C22H26N4O2/c1-4-23-13-16-9-5-8-12-19(16)24-21(27)20-17-10-6-7-11-18(17)22(28)26(25-20)14-15(2)3/h5-12,15,23H,4,13-14H2,1-3H3,(H,24,27). The van der Waals surface area contributed by atoms with E-state index in [4.69, 9.17) is 0 Å². The molecule has 3 aromatic rings. The molecule has 28 heavy (non-hydrogen) atoms. The van der Waals surface area contributed by atoms with E-state index >= 15 is 0 Å².